The number of hydrogen-bond donors (Lipinski definition) is 2. The van der Waals surface area contributed by atoms with E-state index < -0.39 is 47.4 Å². The Labute approximate surface area is 147 Å². The van der Waals surface area contributed by atoms with Gasteiger partial charge in [0.2, 0.25) is 11.8 Å². The predicted molar refractivity (Wildman–Crippen MR) is 86.3 cm³/mol. The van der Waals surface area contributed by atoms with Crippen LogP contribution in [0.25, 0.3) is 0 Å². The number of hydrogen-bond acceptors (Lipinski definition) is 5. The Morgan fingerprint density at radius 3 is 2.60 bits per heavy atom. The summed E-state index contributed by atoms with van der Waals surface area (Å²) >= 11 is 5.86. The Morgan fingerprint density at radius 2 is 1.96 bits per heavy atom. The molecule has 0 spiro atoms. The third-order valence-corrected chi connectivity index (χ3v) is 5.57. The molecular formula is C17H14ClNO6. The summed E-state index contributed by atoms with van der Waals surface area (Å²) in [5.41, 5.74) is -2.25. The summed E-state index contributed by atoms with van der Waals surface area (Å²) in [6.45, 7) is 1.28. The first kappa shape index (κ1) is 16.3. The van der Waals surface area contributed by atoms with Crippen molar-refractivity contribution >= 4 is 35.1 Å². The third-order valence-electron chi connectivity index (χ3n) is 5.24. The van der Waals surface area contributed by atoms with Gasteiger partial charge in [-0.05, 0) is 25.1 Å². The number of amides is 2. The summed E-state index contributed by atoms with van der Waals surface area (Å²) in [6.07, 6.45) is 3.33. The van der Waals surface area contributed by atoms with Crippen molar-refractivity contribution in [1.82, 2.24) is 0 Å². The molecule has 8 heteroatoms. The number of carbonyl (C=O) groups is 3. The number of aliphatic hydroxyl groups is 1. The maximum absolute atomic E-state index is 13.0. The molecule has 3 aliphatic rings. The Hall–Kier alpha value is -2.22. The fourth-order valence-electron chi connectivity index (χ4n) is 4.11. The minimum Gasteiger partial charge on any atom is -0.478 e. The average Bonchev–Trinajstić information content (AvgIpc) is 3.14. The first-order valence-corrected chi connectivity index (χ1v) is 8.04. The minimum absolute atomic E-state index is 0.0133. The van der Waals surface area contributed by atoms with Crippen LogP contribution in [0.5, 0.6) is 0 Å². The molecule has 4 rings (SSSR count). The Morgan fingerprint density at radius 1 is 1.28 bits per heavy atom. The molecule has 7 nitrogen and oxygen atoms in total. The lowest BCUT2D eigenvalue weighted by atomic mass is 9.73. The number of aliphatic hydroxyl groups excluding tert-OH is 1. The summed E-state index contributed by atoms with van der Waals surface area (Å²) in [5.74, 6) is -3.85. The molecular weight excluding hydrogens is 350 g/mol. The number of carboxylic acids is 1. The second-order valence-corrected chi connectivity index (χ2v) is 7.08. The second kappa shape index (κ2) is 4.91. The van der Waals surface area contributed by atoms with Gasteiger partial charge in [-0.25, -0.2) is 9.69 Å². The fraction of sp³-hybridized carbons (Fsp3) is 0.353. The van der Waals surface area contributed by atoms with Gasteiger partial charge in [0, 0.05) is 0 Å². The molecule has 1 aromatic carbocycles. The first-order chi connectivity index (χ1) is 11.7. The zero-order chi connectivity index (χ0) is 18.1. The van der Waals surface area contributed by atoms with E-state index in [1.165, 1.54) is 18.2 Å². The van der Waals surface area contributed by atoms with Gasteiger partial charge in [-0.1, -0.05) is 23.8 Å². The lowest BCUT2D eigenvalue weighted by Crippen LogP contribution is -2.43. The molecule has 2 N–H and O–H groups in total. The van der Waals surface area contributed by atoms with Crippen LogP contribution in [0.3, 0.4) is 0 Å². The van der Waals surface area contributed by atoms with E-state index in [1.807, 2.05) is 0 Å². The normalized spacial score (nSPS) is 35.6. The molecule has 2 amide bonds. The number of aromatic carboxylic acids is 1. The summed E-state index contributed by atoms with van der Waals surface area (Å²) in [6, 6.07) is 3.96. The third kappa shape index (κ3) is 1.91. The van der Waals surface area contributed by atoms with E-state index in [4.69, 9.17) is 16.3 Å². The van der Waals surface area contributed by atoms with Crippen LogP contribution in [0.2, 0.25) is 5.02 Å². The molecule has 4 atom stereocenters. The lowest BCUT2D eigenvalue weighted by molar-refractivity contribution is -0.131. The molecule has 1 aromatic rings. The summed E-state index contributed by atoms with van der Waals surface area (Å²) in [5, 5.41) is 19.0. The van der Waals surface area contributed by atoms with Crippen LogP contribution in [0.4, 0.5) is 5.69 Å². The van der Waals surface area contributed by atoms with Crippen LogP contribution in [-0.4, -0.2) is 45.8 Å². The van der Waals surface area contributed by atoms with Gasteiger partial charge in [0.15, 0.2) is 0 Å². The minimum atomic E-state index is -1.25. The van der Waals surface area contributed by atoms with Gasteiger partial charge in [-0.3, -0.25) is 9.59 Å². The Bertz CT molecular complexity index is 867. The summed E-state index contributed by atoms with van der Waals surface area (Å²) in [4.78, 5) is 38.1. The lowest BCUT2D eigenvalue weighted by Gasteiger charge is -2.27. The van der Waals surface area contributed by atoms with Gasteiger partial charge in [-0.15, -0.1) is 0 Å². The van der Waals surface area contributed by atoms with E-state index in [1.54, 1.807) is 19.1 Å². The highest BCUT2D eigenvalue weighted by molar-refractivity contribution is 6.34. The number of nitrogens with zero attached hydrogens (tertiary/aromatic N) is 1. The van der Waals surface area contributed by atoms with Crippen LogP contribution < -0.4 is 4.90 Å². The zero-order valence-electron chi connectivity index (χ0n) is 13.1. The smallest absolute Gasteiger partial charge is 0.337 e. The second-order valence-electron chi connectivity index (χ2n) is 6.67. The van der Waals surface area contributed by atoms with Crippen LogP contribution in [0.1, 0.15) is 17.3 Å². The summed E-state index contributed by atoms with van der Waals surface area (Å²) in [7, 11) is 0. The molecule has 0 unspecified atom stereocenters. The molecule has 0 radical (unpaired) electrons. The molecule has 2 saturated heterocycles. The van der Waals surface area contributed by atoms with Crippen LogP contribution in [-0.2, 0) is 14.3 Å². The number of imide groups is 1. The highest BCUT2D eigenvalue weighted by Crippen LogP contribution is 2.57. The number of carbonyl (C=O) groups excluding carboxylic acids is 2. The average molecular weight is 364 g/mol. The van der Waals surface area contributed by atoms with Crippen LogP contribution in [0, 0.1) is 11.8 Å². The monoisotopic (exact) mass is 363 g/mol. The number of halogens is 1. The maximum atomic E-state index is 13.0. The molecule has 25 heavy (non-hydrogen) atoms. The van der Waals surface area contributed by atoms with Crippen molar-refractivity contribution in [2.45, 2.75) is 18.1 Å². The van der Waals surface area contributed by atoms with Crippen molar-refractivity contribution in [3.63, 3.8) is 0 Å². The largest absolute Gasteiger partial charge is 0.478 e. The van der Waals surface area contributed by atoms with Gasteiger partial charge in [0.1, 0.15) is 5.60 Å². The fourth-order valence-corrected chi connectivity index (χ4v) is 4.31. The van der Waals surface area contributed by atoms with Crippen LogP contribution in [0.15, 0.2) is 30.4 Å². The van der Waals surface area contributed by atoms with Gasteiger partial charge >= 0.3 is 5.97 Å². The van der Waals surface area contributed by atoms with Crippen molar-refractivity contribution in [2.24, 2.45) is 11.8 Å². The van der Waals surface area contributed by atoms with Gasteiger partial charge < -0.3 is 14.9 Å². The van der Waals surface area contributed by atoms with Gasteiger partial charge in [-0.2, -0.15) is 0 Å². The van der Waals surface area contributed by atoms with E-state index in [2.05, 4.69) is 0 Å². The number of rotatable bonds is 3. The standard InChI is InChI=1S/C17H14ClNO6/c1-16-4-5-17(7-20,25-16)12-11(16)13(21)19(14(12)22)8-2-3-10(18)9(6-8)15(23)24/h2-6,11-12,20H,7H2,1H3,(H,23,24)/t11-,12-,16+,17-/m1/s1. The molecule has 130 valence electrons. The van der Waals surface area contributed by atoms with E-state index in [0.29, 0.717) is 0 Å². The van der Waals surface area contributed by atoms with Crippen molar-refractivity contribution in [3.8, 4) is 0 Å². The van der Waals surface area contributed by atoms with Crippen molar-refractivity contribution in [1.29, 1.82) is 0 Å². The molecule has 3 heterocycles. The molecule has 3 aliphatic heterocycles. The van der Waals surface area contributed by atoms with Crippen molar-refractivity contribution < 1.29 is 29.3 Å². The van der Waals surface area contributed by atoms with E-state index in [-0.39, 0.29) is 16.3 Å². The van der Waals surface area contributed by atoms with Crippen molar-refractivity contribution in [3.05, 3.63) is 40.9 Å². The SMILES string of the molecule is C[C@@]12C=C[C@](CO)(O1)[C@H]1C(=O)N(c3ccc(Cl)c(C(=O)O)c3)C(=O)[C@@H]12. The van der Waals surface area contributed by atoms with E-state index >= 15 is 0 Å². The van der Waals surface area contributed by atoms with Crippen LogP contribution >= 0.6 is 11.6 Å². The highest BCUT2D eigenvalue weighted by atomic mass is 35.5. The molecule has 0 saturated carbocycles. The molecule has 0 aromatic heterocycles. The maximum Gasteiger partial charge on any atom is 0.337 e. The number of anilines is 1. The predicted octanol–water partition coefficient (Wildman–Crippen LogP) is 1.23. The number of carboxylic acid groups (broad SMARTS) is 1. The Balaban J connectivity index is 1.81. The van der Waals surface area contributed by atoms with E-state index in [0.717, 1.165) is 4.90 Å². The number of fused-ring (bicyclic) bond motifs is 5. The Kier molecular flexibility index (Phi) is 3.19. The zero-order valence-corrected chi connectivity index (χ0v) is 13.9. The molecule has 0 aliphatic carbocycles. The summed E-state index contributed by atoms with van der Waals surface area (Å²) < 4.78 is 5.83. The number of benzene rings is 1. The highest BCUT2D eigenvalue weighted by Gasteiger charge is 2.72. The first-order valence-electron chi connectivity index (χ1n) is 7.66. The number of ether oxygens (including phenoxy) is 1. The molecule has 2 fully saturated rings. The van der Waals surface area contributed by atoms with Gasteiger partial charge in [0.05, 0.1) is 40.3 Å². The quantitative estimate of drug-likeness (QED) is 0.618. The molecule has 2 bridgehead atoms. The van der Waals surface area contributed by atoms with Gasteiger partial charge in [0.25, 0.3) is 0 Å². The van der Waals surface area contributed by atoms with Crippen molar-refractivity contribution in [2.75, 3.05) is 11.5 Å². The van der Waals surface area contributed by atoms with E-state index in [9.17, 15) is 24.6 Å². The topological polar surface area (TPSA) is 104 Å².